The molecule has 0 radical (unpaired) electrons. The van der Waals surface area contributed by atoms with Gasteiger partial charge in [0.25, 0.3) is 0 Å². The van der Waals surface area contributed by atoms with Crippen molar-refractivity contribution >= 4 is 17.5 Å². The minimum absolute atomic E-state index is 0.00770. The van der Waals surface area contributed by atoms with Crippen LogP contribution in [0.25, 0.3) is 0 Å². The highest BCUT2D eigenvalue weighted by Gasteiger charge is 2.16. The monoisotopic (exact) mass is 191 g/mol. The van der Waals surface area contributed by atoms with Crippen molar-refractivity contribution in [3.8, 4) is 0 Å². The van der Waals surface area contributed by atoms with Gasteiger partial charge in [-0.25, -0.2) is 0 Å². The summed E-state index contributed by atoms with van der Waals surface area (Å²) in [6.45, 7) is 8.42. The molecule has 0 rings (SSSR count). The molecule has 3 heteroatoms. The van der Waals surface area contributed by atoms with Crippen LogP contribution in [-0.2, 0) is 4.79 Å². The quantitative estimate of drug-likeness (QED) is 0.677. The Bertz CT molecular complexity index is 145. The van der Waals surface area contributed by atoms with Crippen LogP contribution in [0.4, 0.5) is 0 Å². The molecule has 0 saturated heterocycles. The van der Waals surface area contributed by atoms with Gasteiger partial charge >= 0.3 is 0 Å². The Morgan fingerprint density at radius 1 is 1.33 bits per heavy atom. The van der Waals surface area contributed by atoms with Crippen molar-refractivity contribution in [2.45, 2.75) is 33.1 Å². The maximum absolute atomic E-state index is 11.3. The summed E-state index contributed by atoms with van der Waals surface area (Å²) in [5.41, 5.74) is 0. The topological polar surface area (TPSA) is 29.1 Å². The molecule has 0 bridgehead atoms. The summed E-state index contributed by atoms with van der Waals surface area (Å²) < 4.78 is 0. The first-order chi connectivity index (χ1) is 5.45. The van der Waals surface area contributed by atoms with Gasteiger partial charge < -0.3 is 5.32 Å². The van der Waals surface area contributed by atoms with Gasteiger partial charge in [0.1, 0.15) is 0 Å². The molecule has 0 aromatic carbocycles. The van der Waals surface area contributed by atoms with Crippen molar-refractivity contribution in [3.63, 3.8) is 0 Å². The summed E-state index contributed by atoms with van der Waals surface area (Å²) >= 11 is 5.69. The largest absolute Gasteiger partial charge is 0.354 e. The summed E-state index contributed by atoms with van der Waals surface area (Å²) in [5.74, 6) is 0.550. The standard InChI is InChI=1S/C9H18ClNO/c1-6(2)8(4)9(12)11-5-7(3)10/h6-8H,5H2,1-4H3,(H,11,12). The highest BCUT2D eigenvalue weighted by atomic mass is 35.5. The van der Waals surface area contributed by atoms with E-state index >= 15 is 0 Å². The Morgan fingerprint density at radius 3 is 2.17 bits per heavy atom. The lowest BCUT2D eigenvalue weighted by molar-refractivity contribution is -0.125. The second-order valence-electron chi connectivity index (χ2n) is 3.56. The van der Waals surface area contributed by atoms with E-state index in [0.717, 1.165) is 0 Å². The highest BCUT2D eigenvalue weighted by molar-refractivity contribution is 6.20. The normalized spacial score (nSPS) is 15.8. The van der Waals surface area contributed by atoms with Gasteiger partial charge in [-0.15, -0.1) is 11.6 Å². The van der Waals surface area contributed by atoms with Crippen molar-refractivity contribution < 1.29 is 4.79 Å². The first kappa shape index (κ1) is 11.8. The Morgan fingerprint density at radius 2 is 1.83 bits per heavy atom. The molecule has 0 spiro atoms. The first-order valence-electron chi connectivity index (χ1n) is 4.37. The fraction of sp³-hybridized carbons (Fsp3) is 0.889. The fourth-order valence-corrected chi connectivity index (χ4v) is 0.782. The Kier molecular flexibility index (Phi) is 5.31. The molecule has 0 saturated carbocycles. The maximum atomic E-state index is 11.3. The van der Waals surface area contributed by atoms with Gasteiger partial charge in [0, 0.05) is 17.8 Å². The van der Waals surface area contributed by atoms with Gasteiger partial charge in [-0.05, 0) is 12.8 Å². The lowest BCUT2D eigenvalue weighted by Gasteiger charge is -2.15. The Balaban J connectivity index is 3.72. The lowest BCUT2D eigenvalue weighted by Crippen LogP contribution is -2.34. The third kappa shape index (κ3) is 4.60. The molecule has 72 valence electrons. The number of carbonyl (C=O) groups is 1. The van der Waals surface area contributed by atoms with Crippen LogP contribution in [0.1, 0.15) is 27.7 Å². The van der Waals surface area contributed by atoms with Crippen LogP contribution in [-0.4, -0.2) is 17.8 Å². The predicted octanol–water partition coefficient (Wildman–Crippen LogP) is 2.02. The SMILES string of the molecule is CC(Cl)CNC(=O)C(C)C(C)C. The van der Waals surface area contributed by atoms with Crippen LogP contribution < -0.4 is 5.32 Å². The van der Waals surface area contributed by atoms with E-state index in [-0.39, 0.29) is 17.2 Å². The van der Waals surface area contributed by atoms with Crippen LogP contribution in [0.5, 0.6) is 0 Å². The number of alkyl halides is 1. The zero-order valence-electron chi connectivity index (χ0n) is 8.23. The molecule has 0 aromatic heterocycles. The molecule has 2 unspecified atom stereocenters. The summed E-state index contributed by atoms with van der Waals surface area (Å²) in [7, 11) is 0. The second kappa shape index (κ2) is 5.41. The van der Waals surface area contributed by atoms with Crippen molar-refractivity contribution in [3.05, 3.63) is 0 Å². The van der Waals surface area contributed by atoms with E-state index in [4.69, 9.17) is 11.6 Å². The molecule has 12 heavy (non-hydrogen) atoms. The van der Waals surface area contributed by atoms with Gasteiger partial charge in [0.2, 0.25) is 5.91 Å². The molecule has 1 amide bonds. The summed E-state index contributed by atoms with van der Waals surface area (Å²) in [6, 6.07) is 0. The average molecular weight is 192 g/mol. The highest BCUT2D eigenvalue weighted by Crippen LogP contribution is 2.09. The molecule has 1 N–H and O–H groups in total. The minimum Gasteiger partial charge on any atom is -0.354 e. The van der Waals surface area contributed by atoms with Gasteiger partial charge in [0.05, 0.1) is 0 Å². The number of amides is 1. The van der Waals surface area contributed by atoms with Crippen molar-refractivity contribution in [1.82, 2.24) is 5.32 Å². The molecule has 0 aliphatic rings. The smallest absolute Gasteiger partial charge is 0.223 e. The van der Waals surface area contributed by atoms with Crippen LogP contribution in [0.2, 0.25) is 0 Å². The van der Waals surface area contributed by atoms with Gasteiger partial charge in [-0.2, -0.15) is 0 Å². The van der Waals surface area contributed by atoms with Crippen LogP contribution >= 0.6 is 11.6 Å². The number of halogens is 1. The van der Waals surface area contributed by atoms with E-state index in [9.17, 15) is 4.79 Å². The fourth-order valence-electron chi connectivity index (χ4n) is 0.705. The minimum atomic E-state index is 0.00770. The van der Waals surface area contributed by atoms with Gasteiger partial charge in [-0.3, -0.25) is 4.79 Å². The first-order valence-corrected chi connectivity index (χ1v) is 4.80. The third-order valence-electron chi connectivity index (χ3n) is 1.97. The van der Waals surface area contributed by atoms with E-state index in [1.54, 1.807) is 0 Å². The lowest BCUT2D eigenvalue weighted by atomic mass is 9.97. The maximum Gasteiger partial charge on any atom is 0.223 e. The van der Waals surface area contributed by atoms with Crippen LogP contribution in [0.3, 0.4) is 0 Å². The van der Waals surface area contributed by atoms with E-state index in [1.807, 2.05) is 27.7 Å². The number of nitrogens with one attached hydrogen (secondary N) is 1. The molecule has 0 heterocycles. The molecule has 0 fully saturated rings. The molecule has 2 atom stereocenters. The Hall–Kier alpha value is -0.240. The molecular formula is C9H18ClNO. The van der Waals surface area contributed by atoms with E-state index in [0.29, 0.717) is 12.5 Å². The Labute approximate surface area is 79.7 Å². The second-order valence-corrected chi connectivity index (χ2v) is 4.30. The molecule has 0 aliphatic heterocycles. The van der Waals surface area contributed by atoms with Crippen LogP contribution in [0, 0.1) is 11.8 Å². The van der Waals surface area contributed by atoms with E-state index in [1.165, 1.54) is 0 Å². The van der Waals surface area contributed by atoms with Gasteiger partial charge in [-0.1, -0.05) is 20.8 Å². The van der Waals surface area contributed by atoms with Crippen molar-refractivity contribution in [1.29, 1.82) is 0 Å². The average Bonchev–Trinajstić information content (AvgIpc) is 1.98. The number of carbonyl (C=O) groups excluding carboxylic acids is 1. The molecule has 2 nitrogen and oxygen atoms in total. The van der Waals surface area contributed by atoms with Crippen LogP contribution in [0.15, 0.2) is 0 Å². The zero-order chi connectivity index (χ0) is 9.72. The zero-order valence-corrected chi connectivity index (χ0v) is 8.98. The molecule has 0 aliphatic carbocycles. The number of hydrogen-bond donors (Lipinski definition) is 1. The molecule has 0 aromatic rings. The number of hydrogen-bond acceptors (Lipinski definition) is 1. The summed E-state index contributed by atoms with van der Waals surface area (Å²) in [6.07, 6.45) is 0. The predicted molar refractivity (Wildman–Crippen MR) is 52.3 cm³/mol. The summed E-state index contributed by atoms with van der Waals surface area (Å²) in [5, 5.41) is 2.80. The number of rotatable bonds is 4. The van der Waals surface area contributed by atoms with Crippen molar-refractivity contribution in [2.75, 3.05) is 6.54 Å². The molecular weight excluding hydrogens is 174 g/mol. The van der Waals surface area contributed by atoms with E-state index < -0.39 is 0 Å². The summed E-state index contributed by atoms with van der Waals surface area (Å²) in [4.78, 5) is 11.3. The van der Waals surface area contributed by atoms with Gasteiger partial charge in [0.15, 0.2) is 0 Å². The third-order valence-corrected chi connectivity index (χ3v) is 2.13. The van der Waals surface area contributed by atoms with E-state index in [2.05, 4.69) is 5.32 Å². The van der Waals surface area contributed by atoms with Crippen molar-refractivity contribution in [2.24, 2.45) is 11.8 Å².